The number of carbonyl (C=O) groups is 3. The summed E-state index contributed by atoms with van der Waals surface area (Å²) in [6, 6.07) is 2.60. The molecule has 16 heteroatoms. The summed E-state index contributed by atoms with van der Waals surface area (Å²) >= 11 is 0. The molecule has 1 N–H and O–H groups in total. The van der Waals surface area contributed by atoms with Gasteiger partial charge in [-0.1, -0.05) is 12.4 Å². The summed E-state index contributed by atoms with van der Waals surface area (Å²) in [4.78, 5) is 37.3. The van der Waals surface area contributed by atoms with Crippen LogP contribution in [-0.2, 0) is 35.5 Å². The van der Waals surface area contributed by atoms with Gasteiger partial charge in [0.1, 0.15) is 11.9 Å². The minimum Gasteiger partial charge on any atom is -0.462 e. The second kappa shape index (κ2) is 8.68. The molecule has 9 nitrogen and oxygen atoms in total. The number of carbonyl (C=O) groups excluding carboxylic acids is 3. The second-order valence-corrected chi connectivity index (χ2v) is 10.2. The van der Waals surface area contributed by atoms with Crippen molar-refractivity contribution in [2.24, 2.45) is 23.7 Å². The van der Waals surface area contributed by atoms with Crippen molar-refractivity contribution in [1.82, 2.24) is 0 Å². The standard InChI is InChI=1S/C20H16BF5O9S/c21-6-8-2-1-7(15(27)35-18(19(22,23)24)20(25,26)36(30,31)32)4-11(8)33-16(28)13-9-3-10-12(5-9)34-17(29)14(10)13/h1-2,4,9-10,12-14,18H,3,5-6H2,(H,30,31,32). The van der Waals surface area contributed by atoms with Crippen LogP contribution in [0.3, 0.4) is 0 Å². The van der Waals surface area contributed by atoms with Crippen LogP contribution in [0.2, 0.25) is 0 Å². The third-order valence-electron chi connectivity index (χ3n) is 6.66. The molecule has 0 spiro atoms. The van der Waals surface area contributed by atoms with Gasteiger partial charge >= 0.3 is 39.5 Å². The van der Waals surface area contributed by atoms with Gasteiger partial charge in [-0.05, 0) is 36.5 Å². The Morgan fingerprint density at radius 1 is 1.19 bits per heavy atom. The summed E-state index contributed by atoms with van der Waals surface area (Å²) in [5.41, 5.74) is -0.714. The molecule has 36 heavy (non-hydrogen) atoms. The van der Waals surface area contributed by atoms with Gasteiger partial charge in [0.2, 0.25) is 0 Å². The fourth-order valence-corrected chi connectivity index (χ4v) is 5.54. The molecule has 2 radical (unpaired) electrons. The zero-order valence-corrected chi connectivity index (χ0v) is 18.7. The number of fused-ring (bicyclic) bond motifs is 1. The van der Waals surface area contributed by atoms with E-state index < -0.39 is 68.7 Å². The molecule has 2 aliphatic carbocycles. The molecule has 2 bridgehead atoms. The van der Waals surface area contributed by atoms with Crippen molar-refractivity contribution in [1.29, 1.82) is 0 Å². The van der Waals surface area contributed by atoms with Crippen molar-refractivity contribution in [2.45, 2.75) is 42.8 Å². The van der Waals surface area contributed by atoms with Gasteiger partial charge in [0, 0.05) is 5.92 Å². The molecule has 1 aliphatic heterocycles. The summed E-state index contributed by atoms with van der Waals surface area (Å²) in [6.45, 7) is 0. The van der Waals surface area contributed by atoms with Crippen molar-refractivity contribution >= 4 is 35.9 Å². The highest BCUT2D eigenvalue weighted by Crippen LogP contribution is 2.58. The van der Waals surface area contributed by atoms with Crippen LogP contribution in [0.4, 0.5) is 22.0 Å². The molecule has 1 aromatic carbocycles. The number of benzene rings is 1. The molecule has 0 aromatic heterocycles. The average Bonchev–Trinajstić information content (AvgIpc) is 3.38. The Balaban J connectivity index is 1.57. The number of esters is 3. The van der Waals surface area contributed by atoms with Crippen molar-refractivity contribution in [3.8, 4) is 5.75 Å². The van der Waals surface area contributed by atoms with E-state index in [1.807, 2.05) is 0 Å². The van der Waals surface area contributed by atoms with Crippen molar-refractivity contribution in [2.75, 3.05) is 0 Å². The molecule has 1 heterocycles. The lowest BCUT2D eigenvalue weighted by molar-refractivity contribution is -0.248. The van der Waals surface area contributed by atoms with Gasteiger partial charge in [-0.15, -0.1) is 0 Å². The van der Waals surface area contributed by atoms with Crippen LogP contribution < -0.4 is 4.74 Å². The molecule has 0 amide bonds. The van der Waals surface area contributed by atoms with Gasteiger partial charge in [-0.3, -0.25) is 14.1 Å². The van der Waals surface area contributed by atoms with Gasteiger partial charge in [0.05, 0.1) is 25.2 Å². The van der Waals surface area contributed by atoms with Crippen molar-refractivity contribution in [3.05, 3.63) is 29.3 Å². The zero-order chi connectivity index (χ0) is 26.8. The summed E-state index contributed by atoms with van der Waals surface area (Å²) < 4.78 is 111. The number of hydrogen-bond acceptors (Lipinski definition) is 8. The Kier molecular flexibility index (Phi) is 6.35. The van der Waals surface area contributed by atoms with Crippen molar-refractivity contribution < 1.29 is 63.5 Å². The maximum atomic E-state index is 13.7. The lowest BCUT2D eigenvalue weighted by Gasteiger charge is -2.26. The van der Waals surface area contributed by atoms with Gasteiger partial charge in [0.15, 0.2) is 0 Å². The highest BCUT2D eigenvalue weighted by Gasteiger charge is 2.66. The predicted molar refractivity (Wildman–Crippen MR) is 106 cm³/mol. The largest absolute Gasteiger partial charge is 0.462 e. The number of halogens is 5. The number of ether oxygens (including phenoxy) is 3. The molecule has 6 unspecified atom stereocenters. The first-order valence-electron chi connectivity index (χ1n) is 10.4. The van der Waals surface area contributed by atoms with Crippen LogP contribution in [0.15, 0.2) is 18.2 Å². The van der Waals surface area contributed by atoms with E-state index in [9.17, 15) is 44.8 Å². The first-order chi connectivity index (χ1) is 16.6. The summed E-state index contributed by atoms with van der Waals surface area (Å²) in [5, 5.41) is -5.91. The molecular weight excluding hydrogens is 522 g/mol. The zero-order valence-electron chi connectivity index (χ0n) is 17.9. The van der Waals surface area contributed by atoms with E-state index in [1.54, 1.807) is 0 Å². The SMILES string of the molecule is [B]Cc1ccc(C(=O)OC(C(F)(F)F)C(F)(F)S(=O)(=O)O)cc1OC(=O)C1C2CC3OC(=O)C1C3C2. The molecule has 2 saturated carbocycles. The normalized spacial score (nSPS) is 28.1. The Bertz CT molecular complexity index is 1220. The minimum atomic E-state index is -6.62. The summed E-state index contributed by atoms with van der Waals surface area (Å²) in [5.74, 6) is -5.77. The van der Waals surface area contributed by atoms with E-state index in [2.05, 4.69) is 4.74 Å². The lowest BCUT2D eigenvalue weighted by Crippen LogP contribution is -2.52. The van der Waals surface area contributed by atoms with E-state index in [1.165, 1.54) is 0 Å². The molecule has 1 aromatic rings. The maximum absolute atomic E-state index is 13.7. The summed E-state index contributed by atoms with van der Waals surface area (Å²) in [6.07, 6.45) is -10.1. The first kappa shape index (κ1) is 26.3. The van der Waals surface area contributed by atoms with E-state index in [0.29, 0.717) is 18.9 Å². The Labute approximate surface area is 201 Å². The van der Waals surface area contributed by atoms with E-state index in [4.69, 9.17) is 21.9 Å². The van der Waals surface area contributed by atoms with Gasteiger partial charge in [0.25, 0.3) is 6.10 Å². The highest BCUT2D eigenvalue weighted by molar-refractivity contribution is 7.86. The number of rotatable bonds is 7. The topological polar surface area (TPSA) is 133 Å². The molecule has 4 rings (SSSR count). The number of alkyl halides is 5. The van der Waals surface area contributed by atoms with Gasteiger partial charge in [-0.2, -0.15) is 30.4 Å². The fourth-order valence-electron chi connectivity index (χ4n) is 5.08. The van der Waals surface area contributed by atoms with Gasteiger partial charge < -0.3 is 14.2 Å². The Hall–Kier alpha value is -2.75. The van der Waals surface area contributed by atoms with Crippen LogP contribution in [-0.4, -0.2) is 62.4 Å². The highest BCUT2D eigenvalue weighted by atomic mass is 32.2. The van der Waals surface area contributed by atoms with Gasteiger partial charge in [-0.25, -0.2) is 4.79 Å². The Morgan fingerprint density at radius 2 is 1.86 bits per heavy atom. The van der Waals surface area contributed by atoms with E-state index in [-0.39, 0.29) is 29.8 Å². The Morgan fingerprint density at radius 3 is 2.44 bits per heavy atom. The predicted octanol–water partition coefficient (Wildman–Crippen LogP) is 2.03. The van der Waals surface area contributed by atoms with Crippen LogP contribution >= 0.6 is 0 Å². The minimum absolute atomic E-state index is 0.102. The fraction of sp³-hybridized carbons (Fsp3) is 0.550. The maximum Gasteiger partial charge on any atom is 0.432 e. The molecular formula is C20H16BF5O9S. The van der Waals surface area contributed by atoms with E-state index >= 15 is 0 Å². The van der Waals surface area contributed by atoms with E-state index in [0.717, 1.165) is 12.1 Å². The average molecular weight is 538 g/mol. The second-order valence-electron chi connectivity index (χ2n) is 8.73. The molecule has 1 saturated heterocycles. The molecule has 6 atom stereocenters. The third kappa shape index (κ3) is 4.33. The third-order valence-corrected chi connectivity index (χ3v) is 7.56. The molecule has 194 valence electrons. The smallest absolute Gasteiger partial charge is 0.432 e. The monoisotopic (exact) mass is 538 g/mol. The summed E-state index contributed by atoms with van der Waals surface area (Å²) in [7, 11) is -1.06. The number of hydrogen-bond donors (Lipinski definition) is 1. The van der Waals surface area contributed by atoms with Crippen LogP contribution in [0.5, 0.6) is 5.75 Å². The molecule has 3 fully saturated rings. The van der Waals surface area contributed by atoms with Crippen molar-refractivity contribution in [3.63, 3.8) is 0 Å². The van der Waals surface area contributed by atoms with Crippen LogP contribution in [0.1, 0.15) is 28.8 Å². The first-order valence-corrected chi connectivity index (χ1v) is 11.9. The molecule has 3 aliphatic rings. The van der Waals surface area contributed by atoms with Crippen LogP contribution in [0.25, 0.3) is 0 Å². The lowest BCUT2D eigenvalue weighted by atomic mass is 9.80. The quantitative estimate of drug-likeness (QED) is 0.182. The van der Waals surface area contributed by atoms with Crippen LogP contribution in [0, 0.1) is 23.7 Å².